The predicted octanol–water partition coefficient (Wildman–Crippen LogP) is 1.15. The zero-order valence-corrected chi connectivity index (χ0v) is 13.0. The second-order valence-electron chi connectivity index (χ2n) is 5.52. The summed E-state index contributed by atoms with van der Waals surface area (Å²) in [4.78, 5) is 21.1. The molecule has 6 heteroatoms. The van der Waals surface area contributed by atoms with Crippen molar-refractivity contribution in [1.82, 2.24) is 15.2 Å². The topological polar surface area (TPSA) is 48.5 Å². The number of hydrogen-bond acceptors (Lipinski definition) is 4. The molecule has 0 saturated carbocycles. The Balaban J connectivity index is 0.00000161. The second kappa shape index (κ2) is 7.61. The van der Waals surface area contributed by atoms with Gasteiger partial charge in [-0.15, -0.1) is 12.4 Å². The lowest BCUT2D eigenvalue weighted by atomic mass is 9.96. The summed E-state index contributed by atoms with van der Waals surface area (Å²) in [5, 5.41) is 3.31. The molecule has 0 bridgehead atoms. The largest absolute Gasteiger partial charge is 0.353 e. The molecule has 0 unspecified atom stereocenters. The number of amides is 1. The normalized spacial score (nSPS) is 20.0. The molecule has 0 aliphatic carbocycles. The number of aromatic nitrogens is 1. The zero-order valence-electron chi connectivity index (χ0n) is 12.2. The predicted molar refractivity (Wildman–Crippen MR) is 85.9 cm³/mol. The third-order valence-electron chi connectivity index (χ3n) is 4.25. The highest BCUT2D eigenvalue weighted by molar-refractivity contribution is 5.85. The van der Waals surface area contributed by atoms with Crippen molar-refractivity contribution >= 4 is 24.1 Å². The number of piperazine rings is 1. The van der Waals surface area contributed by atoms with E-state index in [1.807, 2.05) is 29.3 Å². The minimum Gasteiger partial charge on any atom is -0.353 e. The van der Waals surface area contributed by atoms with E-state index in [4.69, 9.17) is 0 Å². The molecule has 0 spiro atoms. The molecule has 0 aromatic carbocycles. The van der Waals surface area contributed by atoms with Crippen molar-refractivity contribution < 1.29 is 4.79 Å². The molecule has 2 saturated heterocycles. The smallest absolute Gasteiger partial charge is 0.225 e. The summed E-state index contributed by atoms with van der Waals surface area (Å²) < 4.78 is 0. The Bertz CT molecular complexity index is 442. The summed E-state index contributed by atoms with van der Waals surface area (Å²) in [6.45, 7) is 5.36. The third kappa shape index (κ3) is 3.86. The molecule has 1 aromatic rings. The Hall–Kier alpha value is -1.33. The number of halogens is 1. The van der Waals surface area contributed by atoms with Gasteiger partial charge in [0.05, 0.1) is 0 Å². The van der Waals surface area contributed by atoms with Gasteiger partial charge in [-0.3, -0.25) is 4.79 Å². The van der Waals surface area contributed by atoms with Crippen LogP contribution in [0.1, 0.15) is 12.8 Å². The zero-order chi connectivity index (χ0) is 13.8. The van der Waals surface area contributed by atoms with Gasteiger partial charge in [0.15, 0.2) is 0 Å². The molecule has 0 radical (unpaired) electrons. The van der Waals surface area contributed by atoms with Crippen LogP contribution in [0.5, 0.6) is 0 Å². The molecule has 2 fully saturated rings. The van der Waals surface area contributed by atoms with Crippen LogP contribution in [-0.4, -0.2) is 55.1 Å². The Morgan fingerprint density at radius 2 is 1.86 bits per heavy atom. The Kier molecular flexibility index (Phi) is 5.82. The summed E-state index contributed by atoms with van der Waals surface area (Å²) in [6, 6.07) is 5.97. The van der Waals surface area contributed by atoms with E-state index in [2.05, 4.69) is 15.2 Å². The van der Waals surface area contributed by atoms with E-state index in [-0.39, 0.29) is 18.3 Å². The number of carbonyl (C=O) groups is 1. The summed E-state index contributed by atoms with van der Waals surface area (Å²) >= 11 is 0. The standard InChI is InChI=1S/C15H22N4O.ClH/c20-15(13-4-7-16-8-5-13)19-11-9-18(10-12-19)14-3-1-2-6-17-14;/h1-3,6,13,16H,4-5,7-12H2;1H. The number of pyridine rings is 1. The van der Waals surface area contributed by atoms with Crippen LogP contribution in [-0.2, 0) is 4.79 Å². The summed E-state index contributed by atoms with van der Waals surface area (Å²) in [5.41, 5.74) is 0. The van der Waals surface area contributed by atoms with Crippen LogP contribution >= 0.6 is 12.4 Å². The van der Waals surface area contributed by atoms with Gasteiger partial charge in [-0.1, -0.05) is 6.07 Å². The van der Waals surface area contributed by atoms with Crippen LogP contribution in [0, 0.1) is 5.92 Å². The molecule has 21 heavy (non-hydrogen) atoms. The molecule has 3 rings (SSSR count). The van der Waals surface area contributed by atoms with Crippen molar-refractivity contribution in [2.45, 2.75) is 12.8 Å². The molecular formula is C15H23ClN4O. The van der Waals surface area contributed by atoms with E-state index in [0.29, 0.717) is 5.91 Å². The van der Waals surface area contributed by atoms with E-state index in [0.717, 1.165) is 57.9 Å². The van der Waals surface area contributed by atoms with Crippen LogP contribution < -0.4 is 10.2 Å². The lowest BCUT2D eigenvalue weighted by Crippen LogP contribution is -2.51. The molecule has 1 amide bonds. The Labute approximate surface area is 132 Å². The molecule has 0 atom stereocenters. The van der Waals surface area contributed by atoms with Crippen LogP contribution in [0.4, 0.5) is 5.82 Å². The number of carbonyl (C=O) groups excluding carboxylic acids is 1. The van der Waals surface area contributed by atoms with Gasteiger partial charge in [-0.05, 0) is 38.1 Å². The number of rotatable bonds is 2. The van der Waals surface area contributed by atoms with E-state index in [1.54, 1.807) is 0 Å². The maximum atomic E-state index is 12.5. The van der Waals surface area contributed by atoms with Crippen LogP contribution in [0.25, 0.3) is 0 Å². The Morgan fingerprint density at radius 3 is 2.48 bits per heavy atom. The average Bonchev–Trinajstić information content (AvgIpc) is 2.56. The molecule has 5 nitrogen and oxygen atoms in total. The van der Waals surface area contributed by atoms with Crippen molar-refractivity contribution in [3.8, 4) is 0 Å². The van der Waals surface area contributed by atoms with E-state index in [9.17, 15) is 4.79 Å². The lowest BCUT2D eigenvalue weighted by Gasteiger charge is -2.37. The third-order valence-corrected chi connectivity index (χ3v) is 4.25. The maximum absolute atomic E-state index is 12.5. The highest BCUT2D eigenvalue weighted by Crippen LogP contribution is 2.18. The van der Waals surface area contributed by atoms with Crippen molar-refractivity contribution in [3.05, 3.63) is 24.4 Å². The number of nitrogens with one attached hydrogen (secondary N) is 1. The fraction of sp³-hybridized carbons (Fsp3) is 0.600. The number of piperidine rings is 1. The first-order chi connectivity index (χ1) is 9.84. The van der Waals surface area contributed by atoms with Crippen molar-refractivity contribution in [2.75, 3.05) is 44.2 Å². The molecule has 1 N–H and O–H groups in total. The van der Waals surface area contributed by atoms with Gasteiger partial charge in [-0.25, -0.2) is 4.98 Å². The SMILES string of the molecule is Cl.O=C(C1CCNCC1)N1CCN(c2ccccn2)CC1. The molecule has 2 aliphatic heterocycles. The van der Waals surface area contributed by atoms with Gasteiger partial charge in [0.1, 0.15) is 5.82 Å². The first kappa shape index (κ1) is 16.0. The molecular weight excluding hydrogens is 288 g/mol. The number of hydrogen-bond donors (Lipinski definition) is 1. The summed E-state index contributed by atoms with van der Waals surface area (Å²) in [7, 11) is 0. The molecule has 116 valence electrons. The van der Waals surface area contributed by atoms with Gasteiger partial charge in [0.2, 0.25) is 5.91 Å². The number of anilines is 1. The minimum absolute atomic E-state index is 0. The fourth-order valence-electron chi connectivity index (χ4n) is 3.02. The Morgan fingerprint density at radius 1 is 1.14 bits per heavy atom. The quantitative estimate of drug-likeness (QED) is 0.890. The lowest BCUT2D eigenvalue weighted by molar-refractivity contribution is -0.136. The first-order valence-corrected chi connectivity index (χ1v) is 7.50. The molecule has 3 heterocycles. The second-order valence-corrected chi connectivity index (χ2v) is 5.52. The average molecular weight is 311 g/mol. The summed E-state index contributed by atoms with van der Waals surface area (Å²) in [5.74, 6) is 1.60. The molecule has 2 aliphatic rings. The maximum Gasteiger partial charge on any atom is 0.225 e. The molecule has 1 aromatic heterocycles. The van der Waals surface area contributed by atoms with Gasteiger partial charge in [0, 0.05) is 38.3 Å². The minimum atomic E-state index is 0. The van der Waals surface area contributed by atoms with E-state index in [1.165, 1.54) is 0 Å². The van der Waals surface area contributed by atoms with Gasteiger partial charge in [0.25, 0.3) is 0 Å². The summed E-state index contributed by atoms with van der Waals surface area (Å²) in [6.07, 6.45) is 3.79. The van der Waals surface area contributed by atoms with Gasteiger partial charge >= 0.3 is 0 Å². The van der Waals surface area contributed by atoms with Crippen LogP contribution in [0.15, 0.2) is 24.4 Å². The highest BCUT2D eigenvalue weighted by Gasteiger charge is 2.28. The van der Waals surface area contributed by atoms with Crippen molar-refractivity contribution in [3.63, 3.8) is 0 Å². The van der Waals surface area contributed by atoms with Gasteiger partial charge in [-0.2, -0.15) is 0 Å². The first-order valence-electron chi connectivity index (χ1n) is 7.50. The van der Waals surface area contributed by atoms with E-state index < -0.39 is 0 Å². The van der Waals surface area contributed by atoms with Gasteiger partial charge < -0.3 is 15.1 Å². The van der Waals surface area contributed by atoms with Crippen molar-refractivity contribution in [1.29, 1.82) is 0 Å². The van der Waals surface area contributed by atoms with Crippen LogP contribution in [0.2, 0.25) is 0 Å². The fourth-order valence-corrected chi connectivity index (χ4v) is 3.02. The van der Waals surface area contributed by atoms with Crippen LogP contribution in [0.3, 0.4) is 0 Å². The number of nitrogens with zero attached hydrogens (tertiary/aromatic N) is 3. The monoisotopic (exact) mass is 310 g/mol. The van der Waals surface area contributed by atoms with E-state index >= 15 is 0 Å². The highest BCUT2D eigenvalue weighted by atomic mass is 35.5. The van der Waals surface area contributed by atoms with Crippen molar-refractivity contribution in [2.24, 2.45) is 5.92 Å².